The molecule has 0 N–H and O–H groups in total. The summed E-state index contributed by atoms with van der Waals surface area (Å²) in [6.07, 6.45) is 0.519. The number of amides is 1. The second kappa shape index (κ2) is 5.23. The third-order valence-corrected chi connectivity index (χ3v) is 4.29. The molecule has 0 radical (unpaired) electrons. The molecule has 0 bridgehead atoms. The van der Waals surface area contributed by atoms with Gasteiger partial charge in [0.25, 0.3) is 11.7 Å². The third kappa shape index (κ3) is 2.03. The second-order valence-corrected chi connectivity index (χ2v) is 5.59. The normalized spacial score (nSPS) is 23.4. The lowest BCUT2D eigenvalue weighted by Crippen LogP contribution is -2.41. The molecule has 0 aliphatic carbocycles. The number of ether oxygens (including phenoxy) is 2. The zero-order chi connectivity index (χ0) is 15.0. The molecule has 1 amide bonds. The smallest absolute Gasteiger partial charge is 0.287 e. The van der Waals surface area contributed by atoms with Gasteiger partial charge in [-0.1, -0.05) is 48.5 Å². The van der Waals surface area contributed by atoms with Crippen molar-refractivity contribution < 1.29 is 14.3 Å². The zero-order valence-electron chi connectivity index (χ0n) is 12.1. The number of carbonyl (C=O) groups excluding carboxylic acids is 1. The fourth-order valence-electron chi connectivity index (χ4n) is 3.28. The average molecular weight is 295 g/mol. The molecule has 22 heavy (non-hydrogen) atoms. The van der Waals surface area contributed by atoms with Crippen molar-refractivity contribution in [3.8, 4) is 0 Å². The van der Waals surface area contributed by atoms with Crippen LogP contribution in [0.5, 0.6) is 0 Å². The van der Waals surface area contributed by atoms with E-state index in [2.05, 4.69) is 0 Å². The van der Waals surface area contributed by atoms with Crippen LogP contribution in [-0.4, -0.2) is 24.9 Å². The van der Waals surface area contributed by atoms with E-state index in [1.165, 1.54) is 0 Å². The van der Waals surface area contributed by atoms with Crippen LogP contribution in [0.4, 0.5) is 5.69 Å². The molecule has 4 heteroatoms. The Kier molecular flexibility index (Phi) is 3.21. The summed E-state index contributed by atoms with van der Waals surface area (Å²) in [6, 6.07) is 19.7. The predicted octanol–water partition coefficient (Wildman–Crippen LogP) is 2.91. The molecule has 2 aromatic rings. The first-order valence-electron chi connectivity index (χ1n) is 7.52. The monoisotopic (exact) mass is 295 g/mol. The molecule has 112 valence electrons. The van der Waals surface area contributed by atoms with Gasteiger partial charge in [-0.15, -0.1) is 0 Å². The lowest BCUT2D eigenvalue weighted by atomic mass is 10.0. The van der Waals surface area contributed by atoms with Gasteiger partial charge in [0, 0.05) is 12.1 Å². The molecule has 1 spiro atoms. The topological polar surface area (TPSA) is 38.8 Å². The van der Waals surface area contributed by atoms with Gasteiger partial charge >= 0.3 is 0 Å². The highest BCUT2D eigenvalue weighted by molar-refractivity contribution is 6.02. The maximum Gasteiger partial charge on any atom is 0.287 e. The van der Waals surface area contributed by atoms with E-state index in [0.717, 1.165) is 11.3 Å². The number of hydrogen-bond donors (Lipinski definition) is 0. The Labute approximate surface area is 129 Å². The molecular formula is C18H17NO3. The number of hydrogen-bond acceptors (Lipinski definition) is 3. The van der Waals surface area contributed by atoms with E-state index in [4.69, 9.17) is 9.47 Å². The van der Waals surface area contributed by atoms with Crippen LogP contribution in [-0.2, 0) is 14.3 Å². The van der Waals surface area contributed by atoms with Crippen LogP contribution in [0.15, 0.2) is 60.7 Å². The van der Waals surface area contributed by atoms with Crippen molar-refractivity contribution in [3.63, 3.8) is 0 Å². The molecule has 2 aliphatic rings. The SMILES string of the molecule is O=C1N(c2ccccc2)C(c2ccccc2)CC12OCCO2. The maximum absolute atomic E-state index is 13.0. The van der Waals surface area contributed by atoms with Crippen molar-refractivity contribution in [2.24, 2.45) is 0 Å². The summed E-state index contributed by atoms with van der Waals surface area (Å²) in [5, 5.41) is 0. The van der Waals surface area contributed by atoms with Crippen molar-refractivity contribution in [2.45, 2.75) is 18.2 Å². The molecule has 2 saturated heterocycles. The van der Waals surface area contributed by atoms with Gasteiger partial charge in [-0.3, -0.25) is 4.79 Å². The quantitative estimate of drug-likeness (QED) is 0.855. The maximum atomic E-state index is 13.0. The molecule has 1 atom stereocenters. The Balaban J connectivity index is 1.79. The van der Waals surface area contributed by atoms with E-state index in [9.17, 15) is 4.79 Å². The van der Waals surface area contributed by atoms with Crippen LogP contribution >= 0.6 is 0 Å². The largest absolute Gasteiger partial charge is 0.340 e. The zero-order valence-corrected chi connectivity index (χ0v) is 12.1. The first-order chi connectivity index (χ1) is 10.8. The Morgan fingerprint density at radius 1 is 0.909 bits per heavy atom. The van der Waals surface area contributed by atoms with E-state index in [1.807, 2.05) is 60.7 Å². The lowest BCUT2D eigenvalue weighted by Gasteiger charge is -2.25. The highest BCUT2D eigenvalue weighted by atomic mass is 16.7. The van der Waals surface area contributed by atoms with Crippen molar-refractivity contribution in [3.05, 3.63) is 66.2 Å². The van der Waals surface area contributed by atoms with E-state index in [1.54, 1.807) is 4.90 Å². The van der Waals surface area contributed by atoms with Crippen LogP contribution in [0.25, 0.3) is 0 Å². The Bertz CT molecular complexity index is 665. The van der Waals surface area contributed by atoms with Gasteiger partial charge in [-0.2, -0.15) is 0 Å². The van der Waals surface area contributed by atoms with E-state index >= 15 is 0 Å². The van der Waals surface area contributed by atoms with E-state index in [0.29, 0.717) is 19.6 Å². The summed E-state index contributed by atoms with van der Waals surface area (Å²) < 4.78 is 11.4. The van der Waals surface area contributed by atoms with Crippen molar-refractivity contribution in [1.29, 1.82) is 0 Å². The highest BCUT2D eigenvalue weighted by Gasteiger charge is 2.56. The summed E-state index contributed by atoms with van der Waals surface area (Å²) in [6.45, 7) is 0.936. The van der Waals surface area contributed by atoms with Gasteiger partial charge in [-0.05, 0) is 17.7 Å². The summed E-state index contributed by atoms with van der Waals surface area (Å²) in [5.41, 5.74) is 1.97. The van der Waals surface area contributed by atoms with Gasteiger partial charge in [0.2, 0.25) is 0 Å². The van der Waals surface area contributed by atoms with Crippen molar-refractivity contribution in [1.82, 2.24) is 0 Å². The van der Waals surface area contributed by atoms with Gasteiger partial charge in [-0.25, -0.2) is 0 Å². The first kappa shape index (κ1) is 13.5. The number of nitrogens with zero attached hydrogens (tertiary/aromatic N) is 1. The summed E-state index contributed by atoms with van der Waals surface area (Å²) in [4.78, 5) is 14.8. The van der Waals surface area contributed by atoms with Crippen LogP contribution < -0.4 is 4.90 Å². The number of para-hydroxylation sites is 1. The predicted molar refractivity (Wildman–Crippen MR) is 82.4 cm³/mol. The van der Waals surface area contributed by atoms with Gasteiger partial charge in [0.05, 0.1) is 19.3 Å². The summed E-state index contributed by atoms with van der Waals surface area (Å²) in [7, 11) is 0. The molecular weight excluding hydrogens is 278 g/mol. The number of anilines is 1. The number of benzene rings is 2. The van der Waals surface area contributed by atoms with Gasteiger partial charge in [0.1, 0.15) is 0 Å². The summed E-state index contributed by atoms with van der Waals surface area (Å²) in [5.74, 6) is -1.22. The third-order valence-electron chi connectivity index (χ3n) is 4.29. The molecule has 4 nitrogen and oxygen atoms in total. The minimum Gasteiger partial charge on any atom is -0.340 e. The summed E-state index contributed by atoms with van der Waals surface area (Å²) >= 11 is 0. The van der Waals surface area contributed by atoms with Crippen molar-refractivity contribution >= 4 is 11.6 Å². The number of rotatable bonds is 2. The van der Waals surface area contributed by atoms with Crippen LogP contribution in [0.1, 0.15) is 18.0 Å². The van der Waals surface area contributed by atoms with E-state index in [-0.39, 0.29) is 11.9 Å². The molecule has 2 aliphatic heterocycles. The Hall–Kier alpha value is -2.17. The van der Waals surface area contributed by atoms with E-state index < -0.39 is 5.79 Å². The van der Waals surface area contributed by atoms with Gasteiger partial charge in [0.15, 0.2) is 0 Å². The standard InChI is InChI=1S/C18H17NO3/c20-17-18(21-11-12-22-18)13-16(14-7-3-1-4-8-14)19(17)15-9-5-2-6-10-15/h1-10,16H,11-13H2. The highest BCUT2D eigenvalue weighted by Crippen LogP contribution is 2.45. The average Bonchev–Trinajstić information content (AvgIpc) is 3.16. The molecule has 2 fully saturated rings. The lowest BCUT2D eigenvalue weighted by molar-refractivity contribution is -0.173. The van der Waals surface area contributed by atoms with Crippen LogP contribution in [0, 0.1) is 0 Å². The van der Waals surface area contributed by atoms with Gasteiger partial charge < -0.3 is 14.4 Å². The molecule has 2 heterocycles. The minimum absolute atomic E-state index is 0.0748. The first-order valence-corrected chi connectivity index (χ1v) is 7.52. The van der Waals surface area contributed by atoms with Crippen LogP contribution in [0.2, 0.25) is 0 Å². The number of carbonyl (C=O) groups is 1. The fourth-order valence-corrected chi connectivity index (χ4v) is 3.28. The molecule has 0 saturated carbocycles. The Morgan fingerprint density at radius 2 is 1.50 bits per heavy atom. The fraction of sp³-hybridized carbons (Fsp3) is 0.278. The van der Waals surface area contributed by atoms with Crippen LogP contribution in [0.3, 0.4) is 0 Å². The van der Waals surface area contributed by atoms with Crippen molar-refractivity contribution in [2.75, 3.05) is 18.1 Å². The molecule has 0 aromatic heterocycles. The second-order valence-electron chi connectivity index (χ2n) is 5.59. The molecule has 4 rings (SSSR count). The Morgan fingerprint density at radius 3 is 2.14 bits per heavy atom. The molecule has 1 unspecified atom stereocenters. The minimum atomic E-state index is -1.11. The molecule has 2 aromatic carbocycles.